The van der Waals surface area contributed by atoms with Crippen molar-refractivity contribution in [1.82, 2.24) is 15.5 Å². The van der Waals surface area contributed by atoms with Crippen LogP contribution in [0, 0.1) is 0 Å². The van der Waals surface area contributed by atoms with E-state index in [9.17, 15) is 0 Å². The lowest BCUT2D eigenvalue weighted by Crippen LogP contribution is -2.42. The molecule has 1 fully saturated rings. The molecule has 0 atom stereocenters. The van der Waals surface area contributed by atoms with E-state index in [-0.39, 0.29) is 0 Å². The highest BCUT2D eigenvalue weighted by Gasteiger charge is 2.28. The van der Waals surface area contributed by atoms with Crippen molar-refractivity contribution in [2.45, 2.75) is 25.4 Å². The van der Waals surface area contributed by atoms with E-state index < -0.39 is 0 Å². The number of methoxy groups -OCH3 is 3. The first-order chi connectivity index (χ1) is 12.7. The van der Waals surface area contributed by atoms with Gasteiger partial charge < -0.3 is 24.8 Å². The third kappa shape index (κ3) is 6.38. The number of ether oxygens (including phenoxy) is 3. The van der Waals surface area contributed by atoms with Gasteiger partial charge in [-0.3, -0.25) is 9.89 Å². The zero-order valence-corrected chi connectivity index (χ0v) is 16.4. The van der Waals surface area contributed by atoms with Crippen molar-refractivity contribution in [3.63, 3.8) is 0 Å². The van der Waals surface area contributed by atoms with Gasteiger partial charge in [-0.25, -0.2) is 0 Å². The Bertz CT molecular complexity index is 576. The normalized spacial score (nSPS) is 14.4. The summed E-state index contributed by atoms with van der Waals surface area (Å²) in [5.41, 5.74) is 1.05. The lowest BCUT2D eigenvalue weighted by atomic mass is 10.2. The molecule has 7 heteroatoms. The molecule has 7 nitrogen and oxygen atoms in total. The fourth-order valence-corrected chi connectivity index (χ4v) is 2.84. The molecule has 0 heterocycles. The largest absolute Gasteiger partial charge is 0.497 e. The van der Waals surface area contributed by atoms with Crippen molar-refractivity contribution < 1.29 is 14.2 Å². The SMILES string of the molecule is CN=C(NCCN(CCOC)C1CC1)NCc1ccc(OC)cc1OC. The van der Waals surface area contributed by atoms with Crippen LogP contribution in [0.2, 0.25) is 0 Å². The highest BCUT2D eigenvalue weighted by Crippen LogP contribution is 2.26. The maximum absolute atomic E-state index is 5.44. The molecular weight excluding hydrogens is 332 g/mol. The maximum Gasteiger partial charge on any atom is 0.191 e. The van der Waals surface area contributed by atoms with Crippen molar-refractivity contribution >= 4 is 5.96 Å². The van der Waals surface area contributed by atoms with Crippen LogP contribution in [-0.4, -0.2) is 71.5 Å². The van der Waals surface area contributed by atoms with Gasteiger partial charge in [0.15, 0.2) is 5.96 Å². The Morgan fingerprint density at radius 3 is 2.58 bits per heavy atom. The molecule has 0 aromatic heterocycles. The van der Waals surface area contributed by atoms with Crippen molar-refractivity contribution in [2.75, 3.05) is 54.6 Å². The molecule has 2 N–H and O–H groups in total. The minimum Gasteiger partial charge on any atom is -0.497 e. The molecule has 1 aromatic rings. The predicted molar refractivity (Wildman–Crippen MR) is 104 cm³/mol. The highest BCUT2D eigenvalue weighted by molar-refractivity contribution is 5.79. The zero-order chi connectivity index (χ0) is 18.8. The predicted octanol–water partition coefficient (Wildman–Crippen LogP) is 1.48. The number of nitrogens with zero attached hydrogens (tertiary/aromatic N) is 2. The van der Waals surface area contributed by atoms with E-state index in [4.69, 9.17) is 14.2 Å². The van der Waals surface area contributed by atoms with Crippen LogP contribution in [0.15, 0.2) is 23.2 Å². The second-order valence-corrected chi connectivity index (χ2v) is 6.29. The van der Waals surface area contributed by atoms with E-state index in [0.29, 0.717) is 6.54 Å². The van der Waals surface area contributed by atoms with Crippen molar-refractivity contribution in [3.05, 3.63) is 23.8 Å². The minimum atomic E-state index is 0.628. The molecule has 1 aromatic carbocycles. The Kier molecular flexibility index (Phi) is 8.50. The number of aliphatic imine (C=N–C) groups is 1. The first-order valence-corrected chi connectivity index (χ1v) is 9.10. The molecule has 0 saturated heterocycles. The van der Waals surface area contributed by atoms with Gasteiger partial charge in [-0.05, 0) is 25.0 Å². The number of benzene rings is 1. The van der Waals surface area contributed by atoms with Gasteiger partial charge in [0.25, 0.3) is 0 Å². The summed E-state index contributed by atoms with van der Waals surface area (Å²) in [6, 6.07) is 6.54. The van der Waals surface area contributed by atoms with Gasteiger partial charge in [0, 0.05) is 58.0 Å². The standard InChI is InChI=1S/C19H32N4O3/c1-20-19(21-9-10-23(11-12-24-2)16-6-7-16)22-14-15-5-8-17(25-3)13-18(15)26-4/h5,8,13,16H,6-7,9-12,14H2,1-4H3,(H2,20,21,22). The van der Waals surface area contributed by atoms with Crippen LogP contribution >= 0.6 is 0 Å². The molecule has 0 spiro atoms. The van der Waals surface area contributed by atoms with E-state index in [1.54, 1.807) is 28.4 Å². The molecule has 0 amide bonds. The van der Waals surface area contributed by atoms with E-state index in [0.717, 1.165) is 55.3 Å². The van der Waals surface area contributed by atoms with Crippen molar-refractivity contribution in [2.24, 2.45) is 4.99 Å². The summed E-state index contributed by atoms with van der Waals surface area (Å²) in [5, 5.41) is 6.71. The van der Waals surface area contributed by atoms with Gasteiger partial charge in [0.1, 0.15) is 11.5 Å². The quantitative estimate of drug-likeness (QED) is 0.458. The third-order valence-corrected chi connectivity index (χ3v) is 4.50. The molecular formula is C19H32N4O3. The van der Waals surface area contributed by atoms with Gasteiger partial charge in [-0.15, -0.1) is 0 Å². The van der Waals surface area contributed by atoms with Gasteiger partial charge in [0.2, 0.25) is 0 Å². The Hall–Kier alpha value is -1.99. The van der Waals surface area contributed by atoms with E-state index in [1.807, 2.05) is 18.2 Å². The second-order valence-electron chi connectivity index (χ2n) is 6.29. The highest BCUT2D eigenvalue weighted by atomic mass is 16.5. The molecule has 146 valence electrons. The minimum absolute atomic E-state index is 0.628. The Morgan fingerprint density at radius 1 is 1.15 bits per heavy atom. The van der Waals surface area contributed by atoms with Gasteiger partial charge >= 0.3 is 0 Å². The number of hydrogen-bond donors (Lipinski definition) is 2. The molecule has 0 aliphatic heterocycles. The number of rotatable bonds is 11. The Morgan fingerprint density at radius 2 is 1.96 bits per heavy atom. The van der Waals surface area contributed by atoms with Crippen LogP contribution in [0.4, 0.5) is 0 Å². The molecule has 26 heavy (non-hydrogen) atoms. The molecule has 0 unspecified atom stereocenters. The fourth-order valence-electron chi connectivity index (χ4n) is 2.84. The molecule has 0 radical (unpaired) electrons. The number of guanidine groups is 1. The van der Waals surface area contributed by atoms with Crippen LogP contribution < -0.4 is 20.1 Å². The first kappa shape index (κ1) is 20.3. The van der Waals surface area contributed by atoms with E-state index in [1.165, 1.54) is 12.8 Å². The summed E-state index contributed by atoms with van der Waals surface area (Å²) in [6.45, 7) is 4.22. The molecule has 1 saturated carbocycles. The summed E-state index contributed by atoms with van der Waals surface area (Å²) < 4.78 is 15.9. The summed E-state index contributed by atoms with van der Waals surface area (Å²) in [7, 11) is 6.85. The molecule has 0 bridgehead atoms. The van der Waals surface area contributed by atoms with Crippen molar-refractivity contribution in [3.8, 4) is 11.5 Å². The van der Waals surface area contributed by atoms with Crippen LogP contribution in [0.1, 0.15) is 18.4 Å². The summed E-state index contributed by atoms with van der Waals surface area (Å²) >= 11 is 0. The van der Waals surface area contributed by atoms with E-state index in [2.05, 4.69) is 20.5 Å². The second kappa shape index (κ2) is 10.9. The lowest BCUT2D eigenvalue weighted by Gasteiger charge is -2.22. The van der Waals surface area contributed by atoms with Crippen LogP contribution in [-0.2, 0) is 11.3 Å². The molecule has 1 aliphatic rings. The average molecular weight is 364 g/mol. The zero-order valence-electron chi connectivity index (χ0n) is 16.4. The van der Waals surface area contributed by atoms with Crippen LogP contribution in [0.25, 0.3) is 0 Å². The molecule has 1 aliphatic carbocycles. The fraction of sp³-hybridized carbons (Fsp3) is 0.632. The summed E-state index contributed by atoms with van der Waals surface area (Å²) in [5.74, 6) is 2.36. The van der Waals surface area contributed by atoms with Gasteiger partial charge in [-0.2, -0.15) is 0 Å². The monoisotopic (exact) mass is 364 g/mol. The topological polar surface area (TPSA) is 67.4 Å². The number of nitrogens with one attached hydrogen (secondary N) is 2. The third-order valence-electron chi connectivity index (χ3n) is 4.50. The Labute approximate surface area is 156 Å². The Balaban J connectivity index is 1.78. The summed E-state index contributed by atoms with van der Waals surface area (Å²) in [6.07, 6.45) is 2.60. The van der Waals surface area contributed by atoms with Crippen LogP contribution in [0.5, 0.6) is 11.5 Å². The van der Waals surface area contributed by atoms with Gasteiger partial charge in [0.05, 0.1) is 20.8 Å². The van der Waals surface area contributed by atoms with Crippen LogP contribution in [0.3, 0.4) is 0 Å². The van der Waals surface area contributed by atoms with E-state index >= 15 is 0 Å². The lowest BCUT2D eigenvalue weighted by molar-refractivity contribution is 0.144. The van der Waals surface area contributed by atoms with Gasteiger partial charge in [-0.1, -0.05) is 0 Å². The first-order valence-electron chi connectivity index (χ1n) is 9.10. The smallest absolute Gasteiger partial charge is 0.191 e. The van der Waals surface area contributed by atoms with Crippen molar-refractivity contribution in [1.29, 1.82) is 0 Å². The summed E-state index contributed by atoms with van der Waals surface area (Å²) in [4.78, 5) is 6.78. The maximum atomic E-state index is 5.44. The number of hydrogen-bond acceptors (Lipinski definition) is 5. The average Bonchev–Trinajstić information content (AvgIpc) is 3.51. The molecule has 2 rings (SSSR count).